The molecule has 0 bridgehead atoms. The molecule has 1 aromatic rings. The number of aryl methyl sites for hydroxylation is 1. The normalized spacial score (nSPS) is 14.7. The summed E-state index contributed by atoms with van der Waals surface area (Å²) < 4.78 is 38.9. The Balaban J connectivity index is 2.96. The zero-order valence-electron chi connectivity index (χ0n) is 10.2. The number of amides is 1. The SMILES string of the molecule is Cc1csc(C(O)(CC(=O)NCC(=O)O)C(F)(F)F)n1. The minimum Gasteiger partial charge on any atom is -0.480 e. The van der Waals surface area contributed by atoms with Crippen molar-refractivity contribution in [2.24, 2.45) is 0 Å². The van der Waals surface area contributed by atoms with Crippen molar-refractivity contribution < 1.29 is 33.0 Å². The monoisotopic (exact) mass is 312 g/mol. The van der Waals surface area contributed by atoms with Crippen LogP contribution in [0, 0.1) is 6.92 Å². The molecular formula is C10H11F3N2O4S. The van der Waals surface area contributed by atoms with Gasteiger partial charge in [-0.1, -0.05) is 0 Å². The highest BCUT2D eigenvalue weighted by atomic mass is 32.1. The number of hydrogen-bond acceptors (Lipinski definition) is 5. The number of hydrogen-bond donors (Lipinski definition) is 3. The van der Waals surface area contributed by atoms with Crippen LogP contribution in [0.1, 0.15) is 17.1 Å². The van der Waals surface area contributed by atoms with Gasteiger partial charge in [0.25, 0.3) is 0 Å². The van der Waals surface area contributed by atoms with Crippen LogP contribution >= 0.6 is 11.3 Å². The Bertz CT molecular complexity index is 517. The minimum atomic E-state index is -5.11. The van der Waals surface area contributed by atoms with Crippen molar-refractivity contribution >= 4 is 23.2 Å². The number of carboxylic acid groups (broad SMARTS) is 1. The molecule has 1 aromatic heterocycles. The van der Waals surface area contributed by atoms with Crippen molar-refractivity contribution in [3.8, 4) is 0 Å². The molecular weight excluding hydrogens is 301 g/mol. The number of nitrogens with one attached hydrogen (secondary N) is 1. The van der Waals surface area contributed by atoms with E-state index in [0.29, 0.717) is 11.3 Å². The molecule has 0 saturated carbocycles. The fourth-order valence-corrected chi connectivity index (χ4v) is 2.22. The molecule has 6 nitrogen and oxygen atoms in total. The molecule has 0 saturated heterocycles. The number of carboxylic acids is 1. The second-order valence-corrected chi connectivity index (χ2v) is 4.86. The van der Waals surface area contributed by atoms with Gasteiger partial charge in [-0.3, -0.25) is 9.59 Å². The number of carbonyl (C=O) groups excluding carboxylic acids is 1. The van der Waals surface area contributed by atoms with Crippen molar-refractivity contribution in [3.05, 3.63) is 16.1 Å². The van der Waals surface area contributed by atoms with Crippen LogP contribution in [0.4, 0.5) is 13.2 Å². The topological polar surface area (TPSA) is 99.5 Å². The molecule has 20 heavy (non-hydrogen) atoms. The Morgan fingerprint density at radius 3 is 2.45 bits per heavy atom. The van der Waals surface area contributed by atoms with E-state index in [1.54, 1.807) is 5.32 Å². The van der Waals surface area contributed by atoms with Crippen molar-refractivity contribution in [2.45, 2.75) is 25.1 Å². The lowest BCUT2D eigenvalue weighted by atomic mass is 9.99. The number of alkyl halides is 3. The molecule has 0 fully saturated rings. The van der Waals surface area contributed by atoms with E-state index in [0.717, 1.165) is 0 Å². The summed E-state index contributed by atoms with van der Waals surface area (Å²) in [6.07, 6.45) is -6.46. The predicted octanol–water partition coefficient (Wildman–Crippen LogP) is 0.792. The number of halogens is 3. The average Bonchev–Trinajstić information content (AvgIpc) is 2.72. The number of aliphatic carboxylic acids is 1. The Kier molecular flexibility index (Phi) is 4.71. The third-order valence-electron chi connectivity index (χ3n) is 2.29. The summed E-state index contributed by atoms with van der Waals surface area (Å²) in [5, 5.41) is 20.5. The average molecular weight is 312 g/mol. The Hall–Kier alpha value is -1.68. The fourth-order valence-electron chi connectivity index (χ4n) is 1.31. The number of nitrogens with zero attached hydrogens (tertiary/aromatic N) is 1. The molecule has 0 aliphatic carbocycles. The van der Waals surface area contributed by atoms with E-state index >= 15 is 0 Å². The van der Waals surface area contributed by atoms with Gasteiger partial charge in [0.15, 0.2) is 0 Å². The highest BCUT2D eigenvalue weighted by molar-refractivity contribution is 7.09. The molecule has 1 heterocycles. The predicted molar refractivity (Wildman–Crippen MR) is 62.1 cm³/mol. The fraction of sp³-hybridized carbons (Fsp3) is 0.500. The van der Waals surface area contributed by atoms with Crippen LogP contribution in [0.5, 0.6) is 0 Å². The molecule has 0 aliphatic rings. The van der Waals surface area contributed by atoms with Gasteiger partial charge in [0.05, 0.1) is 6.42 Å². The van der Waals surface area contributed by atoms with E-state index in [4.69, 9.17) is 5.11 Å². The molecule has 1 unspecified atom stereocenters. The van der Waals surface area contributed by atoms with E-state index in [2.05, 4.69) is 4.98 Å². The van der Waals surface area contributed by atoms with Crippen molar-refractivity contribution in [1.29, 1.82) is 0 Å². The van der Waals surface area contributed by atoms with Gasteiger partial charge in [-0.2, -0.15) is 13.2 Å². The standard InChI is InChI=1S/C10H11F3N2O4S/c1-5-4-20-8(15-5)9(19,10(11,12)13)2-6(16)14-3-7(17)18/h4,19H,2-3H2,1H3,(H,14,16)(H,17,18). The van der Waals surface area contributed by atoms with Crippen LogP contribution in [0.2, 0.25) is 0 Å². The van der Waals surface area contributed by atoms with Gasteiger partial charge in [0.1, 0.15) is 11.6 Å². The summed E-state index contributed by atoms with van der Waals surface area (Å²) in [6.45, 7) is 0.616. The van der Waals surface area contributed by atoms with Crippen molar-refractivity contribution in [2.75, 3.05) is 6.54 Å². The Morgan fingerprint density at radius 2 is 2.05 bits per heavy atom. The van der Waals surface area contributed by atoms with Crippen LogP contribution in [0.3, 0.4) is 0 Å². The van der Waals surface area contributed by atoms with Gasteiger partial charge in [-0.15, -0.1) is 11.3 Å². The molecule has 10 heteroatoms. The van der Waals surface area contributed by atoms with Gasteiger partial charge in [0, 0.05) is 11.1 Å². The van der Waals surface area contributed by atoms with Gasteiger partial charge in [-0.25, -0.2) is 4.98 Å². The van der Waals surface area contributed by atoms with E-state index in [9.17, 15) is 27.9 Å². The molecule has 1 atom stereocenters. The van der Waals surface area contributed by atoms with Crippen molar-refractivity contribution in [1.82, 2.24) is 10.3 Å². The Morgan fingerprint density at radius 1 is 1.45 bits per heavy atom. The zero-order chi connectivity index (χ0) is 15.6. The number of aliphatic hydroxyl groups is 1. The first-order valence-corrected chi connectivity index (χ1v) is 6.14. The summed E-state index contributed by atoms with van der Waals surface area (Å²) in [7, 11) is 0. The molecule has 0 radical (unpaired) electrons. The van der Waals surface area contributed by atoms with Crippen LogP contribution in [0.25, 0.3) is 0 Å². The van der Waals surface area contributed by atoms with Gasteiger partial charge < -0.3 is 15.5 Å². The third kappa shape index (κ3) is 3.67. The molecule has 0 aromatic carbocycles. The van der Waals surface area contributed by atoms with Gasteiger partial charge >= 0.3 is 12.1 Å². The maximum Gasteiger partial charge on any atom is 0.424 e. The minimum absolute atomic E-state index is 0.276. The van der Waals surface area contributed by atoms with E-state index < -0.39 is 41.6 Å². The summed E-state index contributed by atoms with van der Waals surface area (Å²) >= 11 is 0.572. The molecule has 1 rings (SSSR count). The smallest absolute Gasteiger partial charge is 0.424 e. The van der Waals surface area contributed by atoms with E-state index in [1.165, 1.54) is 12.3 Å². The second kappa shape index (κ2) is 5.75. The molecule has 0 aliphatic heterocycles. The summed E-state index contributed by atoms with van der Waals surface area (Å²) in [5.74, 6) is -2.64. The quantitative estimate of drug-likeness (QED) is 0.746. The van der Waals surface area contributed by atoms with Crippen LogP contribution in [-0.4, -0.2) is 39.8 Å². The molecule has 3 N–H and O–H groups in total. The summed E-state index contributed by atoms with van der Waals surface area (Å²) in [6, 6.07) is 0. The van der Waals surface area contributed by atoms with E-state index in [-0.39, 0.29) is 5.69 Å². The molecule has 0 spiro atoms. The second-order valence-electron chi connectivity index (χ2n) is 4.00. The van der Waals surface area contributed by atoms with Crippen LogP contribution in [-0.2, 0) is 15.2 Å². The highest BCUT2D eigenvalue weighted by Crippen LogP contribution is 2.42. The lowest BCUT2D eigenvalue weighted by Gasteiger charge is -2.27. The first-order valence-electron chi connectivity index (χ1n) is 5.26. The van der Waals surface area contributed by atoms with E-state index in [1.807, 2.05) is 0 Å². The lowest BCUT2D eigenvalue weighted by Crippen LogP contribution is -2.46. The maximum atomic E-state index is 13.0. The van der Waals surface area contributed by atoms with Crippen LogP contribution in [0.15, 0.2) is 5.38 Å². The number of rotatable bonds is 5. The number of aromatic nitrogens is 1. The van der Waals surface area contributed by atoms with Crippen molar-refractivity contribution in [3.63, 3.8) is 0 Å². The zero-order valence-corrected chi connectivity index (χ0v) is 11.0. The maximum absolute atomic E-state index is 13.0. The Labute approximate surface area is 115 Å². The highest BCUT2D eigenvalue weighted by Gasteiger charge is 2.58. The molecule has 112 valence electrons. The summed E-state index contributed by atoms with van der Waals surface area (Å²) in [5.41, 5.74) is -3.16. The lowest BCUT2D eigenvalue weighted by molar-refractivity contribution is -0.267. The third-order valence-corrected chi connectivity index (χ3v) is 3.41. The van der Waals surface area contributed by atoms with Gasteiger partial charge in [-0.05, 0) is 6.92 Å². The van der Waals surface area contributed by atoms with Gasteiger partial charge in [0.2, 0.25) is 11.5 Å². The first-order chi connectivity index (χ1) is 9.06. The van der Waals surface area contributed by atoms with Crippen LogP contribution < -0.4 is 5.32 Å². The largest absolute Gasteiger partial charge is 0.480 e. The summed E-state index contributed by atoms with van der Waals surface area (Å²) in [4.78, 5) is 25.1. The number of carbonyl (C=O) groups is 2. The number of thiazole rings is 1. The first kappa shape index (κ1) is 16.4. The molecule has 1 amide bonds.